The number of anilines is 1. The molecule has 0 bridgehead atoms. The van der Waals surface area contributed by atoms with Crippen LogP contribution in [-0.4, -0.2) is 22.0 Å². The second-order valence-electron chi connectivity index (χ2n) is 3.75. The molecule has 0 fully saturated rings. The summed E-state index contributed by atoms with van der Waals surface area (Å²) in [6.07, 6.45) is 5.18. The van der Waals surface area contributed by atoms with Crippen molar-refractivity contribution in [1.29, 1.82) is 0 Å². The maximum absolute atomic E-state index is 5.95. The molecule has 3 N–H and O–H groups in total. The van der Waals surface area contributed by atoms with Gasteiger partial charge in [-0.25, -0.2) is 9.97 Å². The van der Waals surface area contributed by atoms with E-state index in [9.17, 15) is 0 Å². The summed E-state index contributed by atoms with van der Waals surface area (Å²) in [6.45, 7) is 1.86. The highest BCUT2D eigenvalue weighted by atomic mass is 15.0. The summed E-state index contributed by atoms with van der Waals surface area (Å²) < 4.78 is 0. The van der Waals surface area contributed by atoms with Gasteiger partial charge in [-0.1, -0.05) is 0 Å². The van der Waals surface area contributed by atoms with Crippen LogP contribution < -0.4 is 11.1 Å². The second kappa shape index (κ2) is 4.88. The van der Waals surface area contributed by atoms with Crippen LogP contribution in [0.15, 0.2) is 30.7 Å². The van der Waals surface area contributed by atoms with Crippen molar-refractivity contribution in [3.05, 3.63) is 47.8 Å². The van der Waals surface area contributed by atoms with Gasteiger partial charge in [0.15, 0.2) is 0 Å². The fraction of sp³-hybridized carbons (Fsp3) is 0.250. The van der Waals surface area contributed by atoms with Gasteiger partial charge in [0.05, 0.1) is 11.7 Å². The average molecular weight is 229 g/mol. The first-order valence-corrected chi connectivity index (χ1v) is 5.38. The maximum Gasteiger partial charge on any atom is 0.125 e. The molecule has 0 aromatic carbocycles. The van der Waals surface area contributed by atoms with Gasteiger partial charge in [-0.3, -0.25) is 4.98 Å². The Labute approximate surface area is 100 Å². The van der Waals surface area contributed by atoms with Crippen LogP contribution in [0, 0.1) is 6.92 Å². The Bertz CT molecular complexity index is 512. The Hall–Kier alpha value is -2.01. The van der Waals surface area contributed by atoms with E-state index in [2.05, 4.69) is 20.3 Å². The molecule has 2 heterocycles. The number of aromatic nitrogens is 3. The van der Waals surface area contributed by atoms with Crippen molar-refractivity contribution in [3.63, 3.8) is 0 Å². The minimum atomic E-state index is -0.0644. The number of hydrogen-bond donors (Lipinski definition) is 2. The topological polar surface area (TPSA) is 76.7 Å². The van der Waals surface area contributed by atoms with Gasteiger partial charge in [0.2, 0.25) is 0 Å². The highest BCUT2D eigenvalue weighted by Gasteiger charge is 2.16. The largest absolute Gasteiger partial charge is 0.398 e. The molecule has 0 saturated heterocycles. The van der Waals surface area contributed by atoms with Crippen LogP contribution in [0.1, 0.15) is 23.1 Å². The fourth-order valence-electron chi connectivity index (χ4n) is 1.76. The summed E-state index contributed by atoms with van der Waals surface area (Å²) in [5, 5.41) is 3.19. The summed E-state index contributed by atoms with van der Waals surface area (Å²) in [4.78, 5) is 12.6. The summed E-state index contributed by atoms with van der Waals surface area (Å²) in [5.74, 6) is 0.741. The Morgan fingerprint density at radius 2 is 2.12 bits per heavy atom. The molecule has 0 amide bonds. The van der Waals surface area contributed by atoms with Gasteiger partial charge in [-0.15, -0.1) is 0 Å². The lowest BCUT2D eigenvalue weighted by atomic mass is 10.0. The monoisotopic (exact) mass is 229 g/mol. The van der Waals surface area contributed by atoms with Gasteiger partial charge in [0, 0.05) is 29.8 Å². The molecule has 2 rings (SSSR count). The zero-order chi connectivity index (χ0) is 12.3. The number of rotatable bonds is 3. The van der Waals surface area contributed by atoms with Gasteiger partial charge in [-0.2, -0.15) is 0 Å². The first-order chi connectivity index (χ1) is 8.22. The zero-order valence-electron chi connectivity index (χ0n) is 9.88. The standard InChI is InChI=1S/C12H15N5/c1-8-16-6-4-11(17-8)12(14-2)9-7-15-5-3-10(9)13/h3-7,12,14H,1-2H3,(H2,13,15). The first kappa shape index (κ1) is 11.5. The van der Waals surface area contributed by atoms with Crippen molar-refractivity contribution in [2.45, 2.75) is 13.0 Å². The predicted octanol–water partition coefficient (Wildman–Crippen LogP) is 1.07. The quantitative estimate of drug-likeness (QED) is 0.823. The number of pyridine rings is 1. The molecule has 0 spiro atoms. The Kier molecular flexibility index (Phi) is 3.30. The van der Waals surface area contributed by atoms with E-state index in [1.54, 1.807) is 24.7 Å². The summed E-state index contributed by atoms with van der Waals surface area (Å²) >= 11 is 0. The molecule has 0 saturated carbocycles. The smallest absolute Gasteiger partial charge is 0.125 e. The van der Waals surface area contributed by atoms with Gasteiger partial charge >= 0.3 is 0 Å². The van der Waals surface area contributed by atoms with Gasteiger partial charge in [0.25, 0.3) is 0 Å². The molecular formula is C12H15N5. The molecule has 1 unspecified atom stereocenters. The Morgan fingerprint density at radius 3 is 2.76 bits per heavy atom. The average Bonchev–Trinajstić information content (AvgIpc) is 2.33. The van der Waals surface area contributed by atoms with Crippen LogP contribution in [0.4, 0.5) is 5.69 Å². The van der Waals surface area contributed by atoms with Crippen LogP contribution in [-0.2, 0) is 0 Å². The van der Waals surface area contributed by atoms with Crippen molar-refractivity contribution < 1.29 is 0 Å². The molecular weight excluding hydrogens is 214 g/mol. The lowest BCUT2D eigenvalue weighted by Gasteiger charge is -2.17. The molecule has 0 radical (unpaired) electrons. The molecule has 88 valence electrons. The summed E-state index contributed by atoms with van der Waals surface area (Å²) in [5.41, 5.74) is 8.47. The van der Waals surface area contributed by atoms with E-state index in [0.29, 0.717) is 5.69 Å². The summed E-state index contributed by atoms with van der Waals surface area (Å²) in [7, 11) is 1.87. The van der Waals surface area contributed by atoms with E-state index in [4.69, 9.17) is 5.73 Å². The fourth-order valence-corrected chi connectivity index (χ4v) is 1.76. The Morgan fingerprint density at radius 1 is 1.29 bits per heavy atom. The molecule has 2 aromatic heterocycles. The van der Waals surface area contributed by atoms with E-state index in [-0.39, 0.29) is 6.04 Å². The first-order valence-electron chi connectivity index (χ1n) is 5.38. The van der Waals surface area contributed by atoms with E-state index in [0.717, 1.165) is 17.1 Å². The van der Waals surface area contributed by atoms with Crippen LogP contribution in [0.3, 0.4) is 0 Å². The number of nitrogen functional groups attached to an aromatic ring is 1. The van der Waals surface area contributed by atoms with Crippen LogP contribution in [0.2, 0.25) is 0 Å². The second-order valence-corrected chi connectivity index (χ2v) is 3.75. The normalized spacial score (nSPS) is 12.4. The molecule has 2 aromatic rings. The van der Waals surface area contributed by atoms with E-state index >= 15 is 0 Å². The van der Waals surface area contributed by atoms with Crippen molar-refractivity contribution in [1.82, 2.24) is 20.3 Å². The molecule has 0 aliphatic carbocycles. The zero-order valence-corrected chi connectivity index (χ0v) is 9.88. The van der Waals surface area contributed by atoms with Crippen molar-refractivity contribution in [2.75, 3.05) is 12.8 Å². The van der Waals surface area contributed by atoms with E-state index in [1.165, 1.54) is 0 Å². The SMILES string of the molecule is CNC(c1ccnc(C)n1)c1cnccc1N. The molecule has 0 aliphatic rings. The molecule has 0 aliphatic heterocycles. The van der Waals surface area contributed by atoms with E-state index in [1.807, 2.05) is 20.0 Å². The number of nitrogens with one attached hydrogen (secondary N) is 1. The minimum Gasteiger partial charge on any atom is -0.398 e. The molecule has 17 heavy (non-hydrogen) atoms. The van der Waals surface area contributed by atoms with Crippen LogP contribution in [0.25, 0.3) is 0 Å². The van der Waals surface area contributed by atoms with Crippen LogP contribution in [0.5, 0.6) is 0 Å². The number of nitrogens with two attached hydrogens (primary N) is 1. The number of nitrogens with zero attached hydrogens (tertiary/aromatic N) is 3. The molecule has 5 nitrogen and oxygen atoms in total. The Balaban J connectivity index is 2.44. The molecule has 1 atom stereocenters. The van der Waals surface area contributed by atoms with Gasteiger partial charge < -0.3 is 11.1 Å². The van der Waals surface area contributed by atoms with Gasteiger partial charge in [-0.05, 0) is 26.1 Å². The predicted molar refractivity (Wildman–Crippen MR) is 66.3 cm³/mol. The maximum atomic E-state index is 5.95. The van der Waals surface area contributed by atoms with Crippen molar-refractivity contribution in [3.8, 4) is 0 Å². The van der Waals surface area contributed by atoms with Crippen molar-refractivity contribution in [2.24, 2.45) is 0 Å². The highest BCUT2D eigenvalue weighted by molar-refractivity contribution is 5.48. The third kappa shape index (κ3) is 2.39. The third-order valence-electron chi connectivity index (χ3n) is 2.58. The molecule has 5 heteroatoms. The lowest BCUT2D eigenvalue weighted by Crippen LogP contribution is -2.20. The highest BCUT2D eigenvalue weighted by Crippen LogP contribution is 2.23. The van der Waals surface area contributed by atoms with Crippen LogP contribution >= 0.6 is 0 Å². The number of aryl methyl sites for hydroxylation is 1. The number of hydrogen-bond acceptors (Lipinski definition) is 5. The van der Waals surface area contributed by atoms with E-state index < -0.39 is 0 Å². The van der Waals surface area contributed by atoms with Crippen molar-refractivity contribution >= 4 is 5.69 Å². The third-order valence-corrected chi connectivity index (χ3v) is 2.58. The lowest BCUT2D eigenvalue weighted by molar-refractivity contribution is 0.664. The van der Waals surface area contributed by atoms with Gasteiger partial charge in [0.1, 0.15) is 5.82 Å². The summed E-state index contributed by atoms with van der Waals surface area (Å²) in [6, 6.07) is 3.60. The minimum absolute atomic E-state index is 0.0644.